The van der Waals surface area contributed by atoms with Crippen LogP contribution in [-0.4, -0.2) is 65.7 Å². The van der Waals surface area contributed by atoms with Gasteiger partial charge in [0.25, 0.3) is 0 Å². The second-order valence-electron chi connectivity index (χ2n) is 10.1. The first-order chi connectivity index (χ1) is 19.2. The van der Waals surface area contributed by atoms with E-state index in [1.54, 1.807) is 0 Å². The molecule has 10 nitrogen and oxygen atoms in total. The Morgan fingerprint density at radius 2 is 1.25 bits per heavy atom. The molecular weight excluding hydrogens is 539 g/mol. The van der Waals surface area contributed by atoms with Crippen LogP contribution in [0.4, 0.5) is 0 Å². The van der Waals surface area contributed by atoms with Crippen molar-refractivity contribution in [3.63, 3.8) is 0 Å². The summed E-state index contributed by atoms with van der Waals surface area (Å²) in [6.07, 6.45) is 18.9. The van der Waals surface area contributed by atoms with E-state index in [-0.39, 0.29) is 19.4 Å². The lowest BCUT2D eigenvalue weighted by Gasteiger charge is -2.20. The molecule has 0 saturated carbocycles. The Morgan fingerprint density at radius 3 is 1.85 bits per heavy atom. The fourth-order valence-corrected chi connectivity index (χ4v) is 4.52. The zero-order valence-corrected chi connectivity index (χ0v) is 25.7. The number of hydrogen-bond donors (Lipinski definition) is 3. The summed E-state index contributed by atoms with van der Waals surface area (Å²) in [5.41, 5.74) is 0. The molecule has 0 amide bonds. The maximum Gasteiger partial charge on any atom is 0.472 e. The van der Waals surface area contributed by atoms with Crippen LogP contribution in [0.15, 0.2) is 12.2 Å². The molecule has 0 heterocycles. The molecule has 11 heteroatoms. The molecule has 40 heavy (non-hydrogen) atoms. The summed E-state index contributed by atoms with van der Waals surface area (Å²) in [6, 6.07) is 0. The van der Waals surface area contributed by atoms with E-state index in [1.807, 2.05) is 6.92 Å². The van der Waals surface area contributed by atoms with Gasteiger partial charge < -0.3 is 24.6 Å². The van der Waals surface area contributed by atoms with Crippen molar-refractivity contribution >= 4 is 19.8 Å². The Kier molecular flexibility index (Phi) is 25.7. The molecule has 0 aliphatic rings. The summed E-state index contributed by atoms with van der Waals surface area (Å²) in [4.78, 5) is 33.9. The van der Waals surface area contributed by atoms with Crippen LogP contribution in [0.3, 0.4) is 0 Å². The first kappa shape index (κ1) is 38.7. The SMILES string of the molecule is CCCCCCCC/C=C\CCCCCCCC(=O)OC(COC(=O)CCCC)COP(=O)(O)OCC(O)CO. The minimum Gasteiger partial charge on any atom is -0.462 e. The van der Waals surface area contributed by atoms with Gasteiger partial charge in [-0.05, 0) is 38.5 Å². The molecule has 3 atom stereocenters. The van der Waals surface area contributed by atoms with Gasteiger partial charge in [-0.25, -0.2) is 4.57 Å². The Balaban J connectivity index is 4.24. The van der Waals surface area contributed by atoms with Crippen LogP contribution < -0.4 is 0 Å². The monoisotopic (exact) mass is 594 g/mol. The normalized spacial score (nSPS) is 14.6. The molecule has 3 N–H and O–H groups in total. The molecular formula is C29H55O10P. The molecule has 3 unspecified atom stereocenters. The number of aliphatic hydroxyl groups excluding tert-OH is 2. The molecule has 0 aliphatic carbocycles. The number of carbonyl (C=O) groups excluding carboxylic acids is 2. The van der Waals surface area contributed by atoms with E-state index in [0.717, 1.165) is 44.9 Å². The summed E-state index contributed by atoms with van der Waals surface area (Å²) in [5, 5.41) is 18.1. The summed E-state index contributed by atoms with van der Waals surface area (Å²) in [7, 11) is -4.58. The summed E-state index contributed by atoms with van der Waals surface area (Å²) < 4.78 is 31.9. The van der Waals surface area contributed by atoms with Gasteiger partial charge in [-0.2, -0.15) is 0 Å². The summed E-state index contributed by atoms with van der Waals surface area (Å²) >= 11 is 0. The number of esters is 2. The third-order valence-corrected chi connectivity index (χ3v) is 7.12. The van der Waals surface area contributed by atoms with Crippen LogP contribution in [0, 0.1) is 0 Å². The van der Waals surface area contributed by atoms with E-state index in [9.17, 15) is 24.2 Å². The van der Waals surface area contributed by atoms with Gasteiger partial charge in [0.15, 0.2) is 6.10 Å². The lowest BCUT2D eigenvalue weighted by Crippen LogP contribution is -2.29. The molecule has 0 aliphatic heterocycles. The molecule has 0 aromatic rings. The quantitative estimate of drug-likeness (QED) is 0.0416. The number of unbranched alkanes of at least 4 members (excludes halogenated alkanes) is 12. The molecule has 0 bridgehead atoms. The van der Waals surface area contributed by atoms with Gasteiger partial charge in [0, 0.05) is 12.8 Å². The average Bonchev–Trinajstić information content (AvgIpc) is 2.94. The van der Waals surface area contributed by atoms with Crippen LogP contribution in [0.5, 0.6) is 0 Å². The minimum atomic E-state index is -4.58. The lowest BCUT2D eigenvalue weighted by atomic mass is 10.1. The maximum absolute atomic E-state index is 12.3. The Hall–Kier alpha value is -1.29. The van der Waals surface area contributed by atoms with Crippen molar-refractivity contribution in [2.24, 2.45) is 0 Å². The fraction of sp³-hybridized carbons (Fsp3) is 0.862. The maximum atomic E-state index is 12.3. The molecule has 236 valence electrons. The zero-order valence-electron chi connectivity index (χ0n) is 24.8. The highest BCUT2D eigenvalue weighted by molar-refractivity contribution is 7.47. The fourth-order valence-electron chi connectivity index (χ4n) is 3.73. The second-order valence-corrected chi connectivity index (χ2v) is 11.6. The topological polar surface area (TPSA) is 149 Å². The third-order valence-electron chi connectivity index (χ3n) is 6.17. The minimum absolute atomic E-state index is 0.175. The first-order valence-corrected chi connectivity index (χ1v) is 16.6. The van der Waals surface area contributed by atoms with Crippen molar-refractivity contribution in [3.05, 3.63) is 12.2 Å². The Morgan fingerprint density at radius 1 is 0.725 bits per heavy atom. The standard InChI is InChI=1S/C29H55O10P/c1-3-5-7-8-9-10-11-12-13-14-15-16-17-18-19-21-29(33)39-27(24-36-28(32)20-6-4-2)25-38-40(34,35)37-23-26(31)22-30/h12-13,26-27,30-31H,3-11,14-25H2,1-2H3,(H,34,35)/b13-12-. The van der Waals surface area contributed by atoms with E-state index in [2.05, 4.69) is 23.6 Å². The van der Waals surface area contributed by atoms with E-state index < -0.39 is 51.8 Å². The van der Waals surface area contributed by atoms with E-state index in [4.69, 9.17) is 19.1 Å². The van der Waals surface area contributed by atoms with Gasteiger partial charge in [0.2, 0.25) is 0 Å². The number of aliphatic hydroxyl groups is 2. The van der Waals surface area contributed by atoms with Crippen molar-refractivity contribution < 1.29 is 47.8 Å². The van der Waals surface area contributed by atoms with Crippen molar-refractivity contribution in [2.75, 3.05) is 26.4 Å². The molecule has 0 spiro atoms. The molecule has 0 rings (SSSR count). The molecule has 0 aromatic carbocycles. The highest BCUT2D eigenvalue weighted by Crippen LogP contribution is 2.43. The van der Waals surface area contributed by atoms with Crippen molar-refractivity contribution in [2.45, 2.75) is 135 Å². The first-order valence-electron chi connectivity index (χ1n) is 15.1. The molecule has 0 radical (unpaired) electrons. The lowest BCUT2D eigenvalue weighted by molar-refractivity contribution is -0.161. The molecule has 0 aromatic heterocycles. The van der Waals surface area contributed by atoms with Gasteiger partial charge in [-0.3, -0.25) is 18.6 Å². The molecule has 0 fully saturated rings. The Labute approximate surface area is 241 Å². The smallest absolute Gasteiger partial charge is 0.462 e. The van der Waals surface area contributed by atoms with Crippen LogP contribution in [0.25, 0.3) is 0 Å². The van der Waals surface area contributed by atoms with Crippen LogP contribution in [-0.2, 0) is 32.7 Å². The highest BCUT2D eigenvalue weighted by Gasteiger charge is 2.27. The van der Waals surface area contributed by atoms with Crippen molar-refractivity contribution in [1.29, 1.82) is 0 Å². The van der Waals surface area contributed by atoms with Gasteiger partial charge in [0.05, 0.1) is 19.8 Å². The van der Waals surface area contributed by atoms with Crippen LogP contribution in [0.2, 0.25) is 0 Å². The van der Waals surface area contributed by atoms with Crippen molar-refractivity contribution in [3.8, 4) is 0 Å². The number of hydrogen-bond acceptors (Lipinski definition) is 9. The van der Waals surface area contributed by atoms with Gasteiger partial charge >= 0.3 is 19.8 Å². The third kappa shape index (κ3) is 25.7. The Bertz CT molecular complexity index is 700. The number of rotatable bonds is 28. The number of carbonyl (C=O) groups is 2. The number of phosphoric ester groups is 1. The molecule has 0 saturated heterocycles. The van der Waals surface area contributed by atoms with E-state index in [0.29, 0.717) is 12.8 Å². The van der Waals surface area contributed by atoms with E-state index >= 15 is 0 Å². The van der Waals surface area contributed by atoms with Gasteiger partial charge in [-0.15, -0.1) is 0 Å². The van der Waals surface area contributed by atoms with Crippen LogP contribution in [0.1, 0.15) is 123 Å². The van der Waals surface area contributed by atoms with E-state index in [1.165, 1.54) is 38.5 Å². The number of allylic oxidation sites excluding steroid dienone is 2. The zero-order chi connectivity index (χ0) is 29.9. The van der Waals surface area contributed by atoms with Crippen LogP contribution >= 0.6 is 7.82 Å². The average molecular weight is 595 g/mol. The largest absolute Gasteiger partial charge is 0.472 e. The van der Waals surface area contributed by atoms with Gasteiger partial charge in [-0.1, -0.05) is 83.8 Å². The predicted molar refractivity (Wildman–Crippen MR) is 155 cm³/mol. The highest BCUT2D eigenvalue weighted by atomic mass is 31.2. The van der Waals surface area contributed by atoms with Gasteiger partial charge in [0.1, 0.15) is 12.7 Å². The summed E-state index contributed by atoms with van der Waals surface area (Å²) in [5.74, 6) is -0.977. The summed E-state index contributed by atoms with van der Waals surface area (Å²) in [6.45, 7) is 2.05. The predicted octanol–water partition coefficient (Wildman–Crippen LogP) is 6.16. The number of ether oxygens (including phenoxy) is 2. The number of phosphoric acid groups is 1. The second kappa shape index (κ2) is 26.6. The van der Waals surface area contributed by atoms with Crippen molar-refractivity contribution in [1.82, 2.24) is 0 Å².